The number of rotatable bonds is 2. The molecule has 0 saturated carbocycles. The average Bonchev–Trinajstić information content (AvgIpc) is 2.04. The minimum absolute atomic E-state index is 0.0371. The molecule has 1 heterocycles. The molecule has 0 fully saturated rings. The van der Waals surface area contributed by atoms with Gasteiger partial charge in [-0.15, -0.1) is 0 Å². The van der Waals surface area contributed by atoms with Gasteiger partial charge in [0.1, 0.15) is 5.75 Å². The van der Waals surface area contributed by atoms with Gasteiger partial charge in [-0.2, -0.15) is 0 Å². The summed E-state index contributed by atoms with van der Waals surface area (Å²) in [7, 11) is 0. The van der Waals surface area contributed by atoms with E-state index in [2.05, 4.69) is 4.98 Å². The summed E-state index contributed by atoms with van der Waals surface area (Å²) >= 11 is 0. The molecule has 3 N–H and O–H groups in total. The summed E-state index contributed by atoms with van der Waals surface area (Å²) in [6, 6.07) is 0.972. The van der Waals surface area contributed by atoms with E-state index in [1.54, 1.807) is 0 Å². The molecule has 66 valence electrons. The normalized spacial score (nSPS) is 10.7. The number of hydrogen-bond acceptors (Lipinski definition) is 3. The van der Waals surface area contributed by atoms with Crippen molar-refractivity contribution in [2.75, 3.05) is 0 Å². The van der Waals surface area contributed by atoms with Gasteiger partial charge in [-0.25, -0.2) is 8.78 Å². The van der Waals surface area contributed by atoms with E-state index < -0.39 is 6.43 Å². The van der Waals surface area contributed by atoms with Crippen molar-refractivity contribution in [3.63, 3.8) is 0 Å². The molecule has 3 nitrogen and oxygen atoms in total. The van der Waals surface area contributed by atoms with Gasteiger partial charge < -0.3 is 10.8 Å². The zero-order chi connectivity index (χ0) is 9.14. The van der Waals surface area contributed by atoms with Crippen molar-refractivity contribution < 1.29 is 13.9 Å². The molecular formula is C7H8F2N2O. The first kappa shape index (κ1) is 8.86. The molecule has 1 aromatic heterocycles. The van der Waals surface area contributed by atoms with E-state index in [1.165, 1.54) is 0 Å². The lowest BCUT2D eigenvalue weighted by Gasteiger charge is -2.02. The Kier molecular flexibility index (Phi) is 2.54. The summed E-state index contributed by atoms with van der Waals surface area (Å²) in [4.78, 5) is 3.56. The maximum Gasteiger partial charge on any atom is 0.265 e. The minimum atomic E-state index is -2.62. The molecule has 0 bridgehead atoms. The van der Waals surface area contributed by atoms with Crippen LogP contribution in [-0.4, -0.2) is 10.1 Å². The van der Waals surface area contributed by atoms with Gasteiger partial charge in [0.25, 0.3) is 6.43 Å². The van der Waals surface area contributed by atoms with E-state index in [0.717, 1.165) is 12.3 Å². The zero-order valence-electron chi connectivity index (χ0n) is 6.17. The standard InChI is InChI=1S/C7H8F2N2O/c8-7(9)4-1-6(12)5(2-10)11-3-4/h1,3,7,12H,2,10H2. The predicted octanol–water partition coefficient (Wildman–Crippen LogP) is 1.18. The number of hydrogen-bond donors (Lipinski definition) is 2. The molecule has 0 aliphatic rings. The molecule has 0 atom stereocenters. The highest BCUT2D eigenvalue weighted by molar-refractivity contribution is 5.30. The van der Waals surface area contributed by atoms with E-state index in [-0.39, 0.29) is 23.6 Å². The molecule has 0 aliphatic carbocycles. The van der Waals surface area contributed by atoms with E-state index >= 15 is 0 Å². The van der Waals surface area contributed by atoms with E-state index in [4.69, 9.17) is 10.8 Å². The van der Waals surface area contributed by atoms with Gasteiger partial charge in [0, 0.05) is 18.3 Å². The molecule has 0 aromatic carbocycles. The number of aromatic nitrogens is 1. The van der Waals surface area contributed by atoms with E-state index in [1.807, 2.05) is 0 Å². The fraction of sp³-hybridized carbons (Fsp3) is 0.286. The first-order chi connectivity index (χ1) is 5.65. The second kappa shape index (κ2) is 3.44. The number of halogens is 2. The summed E-state index contributed by atoms with van der Waals surface area (Å²) < 4.78 is 24.0. The third kappa shape index (κ3) is 1.68. The lowest BCUT2D eigenvalue weighted by molar-refractivity contribution is 0.150. The van der Waals surface area contributed by atoms with Crippen LogP contribution in [0, 0.1) is 0 Å². The molecule has 0 amide bonds. The van der Waals surface area contributed by atoms with Crippen LogP contribution in [0.3, 0.4) is 0 Å². The molecular weight excluding hydrogens is 166 g/mol. The van der Waals surface area contributed by atoms with Crippen LogP contribution in [0.2, 0.25) is 0 Å². The van der Waals surface area contributed by atoms with Crippen LogP contribution >= 0.6 is 0 Å². The number of nitrogens with two attached hydrogens (primary N) is 1. The largest absolute Gasteiger partial charge is 0.506 e. The van der Waals surface area contributed by atoms with Crippen LogP contribution in [0.1, 0.15) is 17.7 Å². The highest BCUT2D eigenvalue weighted by atomic mass is 19.3. The minimum Gasteiger partial charge on any atom is -0.506 e. The van der Waals surface area contributed by atoms with Gasteiger partial charge >= 0.3 is 0 Å². The van der Waals surface area contributed by atoms with Crippen molar-refractivity contribution in [3.8, 4) is 5.75 Å². The Morgan fingerprint density at radius 2 is 2.25 bits per heavy atom. The second-order valence-corrected chi connectivity index (χ2v) is 2.24. The summed E-state index contributed by atoms with van der Waals surface area (Å²) in [5.74, 6) is -0.282. The molecule has 0 unspecified atom stereocenters. The van der Waals surface area contributed by atoms with Crippen molar-refractivity contribution in [1.82, 2.24) is 4.98 Å². The quantitative estimate of drug-likeness (QED) is 0.707. The molecule has 0 spiro atoms. The smallest absolute Gasteiger partial charge is 0.265 e. The van der Waals surface area contributed by atoms with Crippen molar-refractivity contribution in [2.45, 2.75) is 13.0 Å². The van der Waals surface area contributed by atoms with Gasteiger partial charge in [-0.1, -0.05) is 0 Å². The van der Waals surface area contributed by atoms with Crippen LogP contribution in [0.25, 0.3) is 0 Å². The molecule has 1 rings (SSSR count). The highest BCUT2D eigenvalue weighted by Gasteiger charge is 2.10. The SMILES string of the molecule is NCc1ncc(C(F)F)cc1O. The van der Waals surface area contributed by atoms with E-state index in [0.29, 0.717) is 0 Å². The van der Waals surface area contributed by atoms with Crippen LogP contribution < -0.4 is 5.73 Å². The van der Waals surface area contributed by atoms with Crippen molar-refractivity contribution in [1.29, 1.82) is 0 Å². The van der Waals surface area contributed by atoms with Gasteiger partial charge in [-0.05, 0) is 6.07 Å². The van der Waals surface area contributed by atoms with Crippen LogP contribution in [0.5, 0.6) is 5.75 Å². The Morgan fingerprint density at radius 1 is 1.58 bits per heavy atom. The van der Waals surface area contributed by atoms with E-state index in [9.17, 15) is 8.78 Å². The molecule has 0 aliphatic heterocycles. The van der Waals surface area contributed by atoms with Crippen molar-refractivity contribution in [2.24, 2.45) is 5.73 Å². The lowest BCUT2D eigenvalue weighted by atomic mass is 10.2. The molecule has 12 heavy (non-hydrogen) atoms. The van der Waals surface area contributed by atoms with Crippen LogP contribution in [-0.2, 0) is 6.54 Å². The van der Waals surface area contributed by atoms with Crippen molar-refractivity contribution >= 4 is 0 Å². The summed E-state index contributed by atoms with van der Waals surface area (Å²) in [5, 5.41) is 9.06. The molecule has 1 aromatic rings. The van der Waals surface area contributed by atoms with Gasteiger partial charge in [0.2, 0.25) is 0 Å². The maximum absolute atomic E-state index is 12.0. The third-order valence-corrected chi connectivity index (χ3v) is 1.41. The topological polar surface area (TPSA) is 59.1 Å². The Labute approximate surface area is 67.8 Å². The Balaban J connectivity index is 3.02. The molecule has 0 saturated heterocycles. The first-order valence-corrected chi connectivity index (χ1v) is 3.31. The van der Waals surface area contributed by atoms with Gasteiger partial charge in [0.05, 0.1) is 5.69 Å². The number of pyridine rings is 1. The summed E-state index contributed by atoms with van der Waals surface area (Å²) in [5.41, 5.74) is 5.09. The fourth-order valence-electron chi connectivity index (χ4n) is 0.774. The Morgan fingerprint density at radius 3 is 2.67 bits per heavy atom. The predicted molar refractivity (Wildman–Crippen MR) is 38.8 cm³/mol. The summed E-state index contributed by atoms with van der Waals surface area (Å²) in [6.07, 6.45) is -1.61. The maximum atomic E-state index is 12.0. The third-order valence-electron chi connectivity index (χ3n) is 1.41. The van der Waals surface area contributed by atoms with Crippen molar-refractivity contribution in [3.05, 3.63) is 23.5 Å². The first-order valence-electron chi connectivity index (χ1n) is 3.31. The zero-order valence-corrected chi connectivity index (χ0v) is 6.17. The molecule has 0 radical (unpaired) electrons. The highest BCUT2D eigenvalue weighted by Crippen LogP contribution is 2.23. The lowest BCUT2D eigenvalue weighted by Crippen LogP contribution is -2.00. The van der Waals surface area contributed by atoms with Crippen LogP contribution in [0.15, 0.2) is 12.3 Å². The average molecular weight is 174 g/mol. The number of nitrogens with zero attached hydrogens (tertiary/aromatic N) is 1. The fourth-order valence-corrected chi connectivity index (χ4v) is 0.774. The molecule has 5 heteroatoms. The monoisotopic (exact) mass is 174 g/mol. The number of alkyl halides is 2. The Bertz CT molecular complexity index is 278. The van der Waals surface area contributed by atoms with Crippen LogP contribution in [0.4, 0.5) is 8.78 Å². The number of aromatic hydroxyl groups is 1. The van der Waals surface area contributed by atoms with Gasteiger partial charge in [-0.3, -0.25) is 4.98 Å². The second-order valence-electron chi connectivity index (χ2n) is 2.24. The van der Waals surface area contributed by atoms with Gasteiger partial charge in [0.15, 0.2) is 0 Å². The summed E-state index contributed by atoms with van der Waals surface area (Å²) in [6.45, 7) is 0.0371. The Hall–Kier alpha value is -1.23.